The van der Waals surface area contributed by atoms with Gasteiger partial charge in [-0.25, -0.2) is 0 Å². The number of nitrogens with one attached hydrogen (secondary N) is 1. The predicted octanol–water partition coefficient (Wildman–Crippen LogP) is -0.259. The summed E-state index contributed by atoms with van der Waals surface area (Å²) in [6.45, 7) is 1.35. The first-order chi connectivity index (χ1) is 4.57. The third kappa shape index (κ3) is 3.50. The van der Waals surface area contributed by atoms with Crippen LogP contribution in [0.15, 0.2) is 0 Å². The number of carboxylic acids is 1. The van der Waals surface area contributed by atoms with Gasteiger partial charge in [0.1, 0.15) is 6.04 Å². The molecule has 0 saturated heterocycles. The molecule has 5 nitrogen and oxygen atoms in total. The molecule has 0 radical (unpaired) electrons. The standard InChI is InChI=1S/C4H8NO4P/c1-3(4(7)8)5-10(9)2-6/h3,6H,2H2,1H3,(H-,5,7,8,9)/p+1/t3-/m0/s1. The summed E-state index contributed by atoms with van der Waals surface area (Å²) in [6, 6.07) is -0.879. The van der Waals surface area contributed by atoms with Crippen LogP contribution < -0.4 is 5.09 Å². The Hall–Kier alpha value is -0.510. The van der Waals surface area contributed by atoms with Crippen molar-refractivity contribution in [1.82, 2.24) is 5.09 Å². The third-order valence-electron chi connectivity index (χ3n) is 0.837. The quantitative estimate of drug-likeness (QED) is 0.501. The lowest BCUT2D eigenvalue weighted by Crippen LogP contribution is -2.28. The highest BCUT2D eigenvalue weighted by Gasteiger charge is 2.21. The van der Waals surface area contributed by atoms with Gasteiger partial charge in [0.05, 0.1) is 0 Å². The number of hydrogen-bond acceptors (Lipinski definition) is 3. The van der Waals surface area contributed by atoms with Crippen molar-refractivity contribution in [2.75, 3.05) is 6.35 Å². The summed E-state index contributed by atoms with van der Waals surface area (Å²) in [7, 11) is -1.98. The average Bonchev–Trinajstić information content (AvgIpc) is 1.87. The number of aliphatic carboxylic acids is 1. The molecular weight excluding hydrogens is 157 g/mol. The summed E-state index contributed by atoms with van der Waals surface area (Å²) in [5, 5.41) is 18.7. The molecule has 0 aliphatic heterocycles. The van der Waals surface area contributed by atoms with E-state index < -0.39 is 26.3 Å². The van der Waals surface area contributed by atoms with Crippen LogP contribution in [0.1, 0.15) is 6.92 Å². The van der Waals surface area contributed by atoms with E-state index in [9.17, 15) is 9.36 Å². The first-order valence-electron chi connectivity index (χ1n) is 2.62. The van der Waals surface area contributed by atoms with Crippen LogP contribution in [-0.4, -0.2) is 28.6 Å². The zero-order chi connectivity index (χ0) is 8.15. The van der Waals surface area contributed by atoms with Crippen LogP contribution in [0.3, 0.4) is 0 Å². The zero-order valence-corrected chi connectivity index (χ0v) is 6.34. The fraction of sp³-hybridized carbons (Fsp3) is 0.750. The first-order valence-corrected chi connectivity index (χ1v) is 4.07. The van der Waals surface area contributed by atoms with E-state index in [1.54, 1.807) is 0 Å². The zero-order valence-electron chi connectivity index (χ0n) is 5.44. The summed E-state index contributed by atoms with van der Waals surface area (Å²) < 4.78 is 10.5. The largest absolute Gasteiger partial charge is 0.480 e. The number of aliphatic hydroxyl groups excluding tert-OH is 1. The summed E-state index contributed by atoms with van der Waals surface area (Å²) in [5.74, 6) is -1.09. The Labute approximate surface area is 58.9 Å². The van der Waals surface area contributed by atoms with E-state index in [-0.39, 0.29) is 0 Å². The Morgan fingerprint density at radius 2 is 2.30 bits per heavy atom. The highest BCUT2D eigenvalue weighted by Crippen LogP contribution is 2.11. The van der Waals surface area contributed by atoms with Gasteiger partial charge in [-0.2, -0.15) is 0 Å². The van der Waals surface area contributed by atoms with E-state index in [0.717, 1.165) is 0 Å². The van der Waals surface area contributed by atoms with Crippen LogP contribution in [0.4, 0.5) is 0 Å². The van der Waals surface area contributed by atoms with Crippen LogP contribution in [-0.2, 0) is 9.36 Å². The van der Waals surface area contributed by atoms with Crippen molar-refractivity contribution in [3.8, 4) is 0 Å². The molecule has 1 unspecified atom stereocenters. The maximum absolute atomic E-state index is 10.5. The average molecular weight is 166 g/mol. The number of hydrogen-bond donors (Lipinski definition) is 3. The number of aliphatic hydroxyl groups is 1. The lowest BCUT2D eigenvalue weighted by atomic mass is 10.4. The fourth-order valence-electron chi connectivity index (χ4n) is 0.312. The third-order valence-corrected chi connectivity index (χ3v) is 1.77. The molecule has 0 bridgehead atoms. The molecule has 0 amide bonds. The van der Waals surface area contributed by atoms with E-state index in [2.05, 4.69) is 5.09 Å². The Bertz CT molecular complexity index is 148. The molecule has 0 heterocycles. The molecule has 0 fully saturated rings. The van der Waals surface area contributed by atoms with Crippen molar-refractivity contribution < 1.29 is 19.6 Å². The van der Waals surface area contributed by atoms with Gasteiger partial charge in [0.15, 0.2) is 0 Å². The van der Waals surface area contributed by atoms with Gasteiger partial charge < -0.3 is 10.2 Å². The monoisotopic (exact) mass is 166 g/mol. The van der Waals surface area contributed by atoms with Gasteiger partial charge in [0.2, 0.25) is 0 Å². The second kappa shape index (κ2) is 4.33. The minimum Gasteiger partial charge on any atom is -0.480 e. The summed E-state index contributed by atoms with van der Waals surface area (Å²) in [4.78, 5) is 10.1. The Kier molecular flexibility index (Phi) is 4.11. The van der Waals surface area contributed by atoms with Crippen molar-refractivity contribution in [3.63, 3.8) is 0 Å². The number of carboxylic acid groups (broad SMARTS) is 1. The van der Waals surface area contributed by atoms with Gasteiger partial charge in [-0.3, -0.25) is 4.79 Å². The van der Waals surface area contributed by atoms with Crippen LogP contribution in [0, 0.1) is 0 Å². The van der Waals surface area contributed by atoms with E-state index >= 15 is 0 Å². The van der Waals surface area contributed by atoms with E-state index in [1.807, 2.05) is 0 Å². The molecule has 0 spiro atoms. The maximum atomic E-state index is 10.5. The molecule has 58 valence electrons. The van der Waals surface area contributed by atoms with Crippen LogP contribution in [0.25, 0.3) is 0 Å². The predicted molar refractivity (Wildman–Crippen MR) is 34.9 cm³/mol. The Morgan fingerprint density at radius 1 is 1.80 bits per heavy atom. The van der Waals surface area contributed by atoms with E-state index in [1.165, 1.54) is 6.92 Å². The minimum atomic E-state index is -1.98. The molecular formula is C4H9NO4P+. The van der Waals surface area contributed by atoms with E-state index in [0.29, 0.717) is 0 Å². The molecule has 0 aromatic rings. The van der Waals surface area contributed by atoms with Crippen LogP contribution in [0.2, 0.25) is 0 Å². The summed E-state index contributed by atoms with van der Waals surface area (Å²) >= 11 is 0. The SMILES string of the molecule is C[C@H](N[P+](=O)CO)C(=O)O. The highest BCUT2D eigenvalue weighted by molar-refractivity contribution is 7.42. The van der Waals surface area contributed by atoms with Gasteiger partial charge in [-0.05, 0) is 11.5 Å². The van der Waals surface area contributed by atoms with Crippen molar-refractivity contribution in [2.24, 2.45) is 0 Å². The van der Waals surface area contributed by atoms with Gasteiger partial charge in [0, 0.05) is 0 Å². The number of rotatable bonds is 4. The lowest BCUT2D eigenvalue weighted by Gasteiger charge is -1.96. The molecule has 0 aromatic carbocycles. The number of carbonyl (C=O) groups is 1. The fourth-order valence-corrected chi connectivity index (χ4v) is 0.936. The molecule has 0 rings (SSSR count). The first kappa shape index (κ1) is 9.49. The molecule has 0 aromatic heterocycles. The van der Waals surface area contributed by atoms with Gasteiger partial charge in [-0.1, -0.05) is 5.09 Å². The smallest absolute Gasteiger partial charge is 0.461 e. The topological polar surface area (TPSA) is 86.6 Å². The molecule has 6 heteroatoms. The van der Waals surface area contributed by atoms with Crippen molar-refractivity contribution in [3.05, 3.63) is 0 Å². The van der Waals surface area contributed by atoms with Crippen molar-refractivity contribution in [1.29, 1.82) is 0 Å². The van der Waals surface area contributed by atoms with Gasteiger partial charge in [0.25, 0.3) is 6.35 Å². The highest BCUT2D eigenvalue weighted by atomic mass is 31.1. The normalized spacial score (nSPS) is 14.4. The maximum Gasteiger partial charge on any atom is 0.461 e. The van der Waals surface area contributed by atoms with Gasteiger partial charge in [-0.15, -0.1) is 0 Å². The van der Waals surface area contributed by atoms with Crippen molar-refractivity contribution in [2.45, 2.75) is 13.0 Å². The lowest BCUT2D eigenvalue weighted by molar-refractivity contribution is -0.138. The molecule has 2 atom stereocenters. The minimum absolute atomic E-state index is 0.535. The summed E-state index contributed by atoms with van der Waals surface area (Å²) in [6.07, 6.45) is -0.535. The van der Waals surface area contributed by atoms with Crippen molar-refractivity contribution >= 4 is 13.9 Å². The molecule has 10 heavy (non-hydrogen) atoms. The molecule has 3 N–H and O–H groups in total. The Morgan fingerprint density at radius 3 is 2.60 bits per heavy atom. The summed E-state index contributed by atoms with van der Waals surface area (Å²) in [5.41, 5.74) is 0. The molecule has 0 aliphatic rings. The molecule has 0 aliphatic carbocycles. The van der Waals surface area contributed by atoms with Crippen LogP contribution in [0.5, 0.6) is 0 Å². The second-order valence-corrected chi connectivity index (χ2v) is 3.01. The molecule has 0 saturated carbocycles. The second-order valence-electron chi connectivity index (χ2n) is 1.71. The van der Waals surface area contributed by atoms with E-state index in [4.69, 9.17) is 10.2 Å². The van der Waals surface area contributed by atoms with Crippen LogP contribution >= 0.6 is 7.95 Å². The Balaban J connectivity index is 3.68. The van der Waals surface area contributed by atoms with Gasteiger partial charge >= 0.3 is 13.9 Å².